The first-order valence-electron chi connectivity index (χ1n) is 12.3. The molecule has 2 aromatic carbocycles. The van der Waals surface area contributed by atoms with Crippen LogP contribution in [0.3, 0.4) is 0 Å². The molecule has 3 heterocycles. The Bertz CT molecular complexity index is 1290. The smallest absolute Gasteiger partial charge is 0.261 e. The number of benzene rings is 2. The maximum atomic E-state index is 12.4. The second-order valence-corrected chi connectivity index (χ2v) is 8.95. The summed E-state index contributed by atoms with van der Waals surface area (Å²) in [5, 5.41) is 6.08. The SMILES string of the molecule is Cc1cc(N2CCOCC2)nc(Nc2ccc(NC(=O)CCCN3C(=O)c4ccccc4C3=O)cc2)n1. The largest absolute Gasteiger partial charge is 0.378 e. The zero-order chi connectivity index (χ0) is 25.8. The van der Waals surface area contributed by atoms with E-state index in [-0.39, 0.29) is 30.7 Å². The fourth-order valence-electron chi connectivity index (χ4n) is 4.39. The van der Waals surface area contributed by atoms with Gasteiger partial charge in [0.05, 0.1) is 24.3 Å². The Labute approximate surface area is 214 Å². The van der Waals surface area contributed by atoms with Crippen molar-refractivity contribution in [3.05, 3.63) is 71.4 Å². The van der Waals surface area contributed by atoms with Crippen LogP contribution < -0.4 is 15.5 Å². The first-order chi connectivity index (χ1) is 18.0. The van der Waals surface area contributed by atoms with Gasteiger partial charge in [-0.1, -0.05) is 12.1 Å². The Kier molecular flexibility index (Phi) is 7.09. The number of rotatable bonds is 8. The van der Waals surface area contributed by atoms with Gasteiger partial charge in [0, 0.05) is 49.2 Å². The summed E-state index contributed by atoms with van der Waals surface area (Å²) in [5.41, 5.74) is 3.14. The summed E-state index contributed by atoms with van der Waals surface area (Å²) < 4.78 is 5.42. The standard InChI is InChI=1S/C27H28N6O4/c1-18-17-23(32-13-15-37-16-14-32)31-27(28-18)30-20-10-8-19(9-11-20)29-24(34)7-4-12-33-25(35)21-5-2-3-6-22(21)26(33)36/h2-3,5-6,8-11,17H,4,7,12-16H2,1H3,(H,29,34)(H,28,30,31). The molecule has 0 unspecified atom stereocenters. The molecule has 1 fully saturated rings. The topological polar surface area (TPSA) is 117 Å². The summed E-state index contributed by atoms with van der Waals surface area (Å²) >= 11 is 0. The van der Waals surface area contributed by atoms with Gasteiger partial charge in [0.15, 0.2) is 0 Å². The summed E-state index contributed by atoms with van der Waals surface area (Å²) in [7, 11) is 0. The molecule has 0 radical (unpaired) electrons. The number of aromatic nitrogens is 2. The number of imide groups is 1. The second-order valence-electron chi connectivity index (χ2n) is 8.95. The number of amides is 3. The van der Waals surface area contributed by atoms with E-state index in [9.17, 15) is 14.4 Å². The minimum Gasteiger partial charge on any atom is -0.378 e. The number of nitrogens with zero attached hydrogens (tertiary/aromatic N) is 4. The van der Waals surface area contributed by atoms with Crippen LogP contribution in [-0.2, 0) is 9.53 Å². The molecule has 0 bridgehead atoms. The minimum atomic E-state index is -0.307. The summed E-state index contributed by atoms with van der Waals surface area (Å²) in [6.07, 6.45) is 0.571. The molecule has 0 saturated carbocycles. The van der Waals surface area contributed by atoms with Gasteiger partial charge in [0.25, 0.3) is 11.8 Å². The molecule has 1 aromatic heterocycles. The lowest BCUT2D eigenvalue weighted by molar-refractivity contribution is -0.116. The van der Waals surface area contributed by atoms with Crippen LogP contribution >= 0.6 is 0 Å². The molecule has 190 valence electrons. The lowest BCUT2D eigenvalue weighted by atomic mass is 10.1. The molecule has 3 aromatic rings. The van der Waals surface area contributed by atoms with Crippen LogP contribution in [0.5, 0.6) is 0 Å². The third kappa shape index (κ3) is 5.59. The number of fused-ring (bicyclic) bond motifs is 1. The number of hydrogen-bond acceptors (Lipinski definition) is 8. The van der Waals surface area contributed by atoms with Gasteiger partial charge >= 0.3 is 0 Å². The predicted octanol–water partition coefficient (Wildman–Crippen LogP) is 3.38. The number of anilines is 4. The lowest BCUT2D eigenvalue weighted by Gasteiger charge is -2.28. The van der Waals surface area contributed by atoms with Crippen molar-refractivity contribution in [1.82, 2.24) is 14.9 Å². The number of ether oxygens (including phenoxy) is 1. The third-order valence-electron chi connectivity index (χ3n) is 6.26. The number of aryl methyl sites for hydroxylation is 1. The number of nitrogens with one attached hydrogen (secondary N) is 2. The van der Waals surface area contributed by atoms with Gasteiger partial charge in [-0.3, -0.25) is 19.3 Å². The van der Waals surface area contributed by atoms with E-state index in [4.69, 9.17) is 4.74 Å². The van der Waals surface area contributed by atoms with Crippen LogP contribution in [0.1, 0.15) is 39.3 Å². The van der Waals surface area contributed by atoms with Gasteiger partial charge < -0.3 is 20.3 Å². The molecule has 2 N–H and O–H groups in total. The van der Waals surface area contributed by atoms with E-state index in [1.165, 1.54) is 4.90 Å². The quantitative estimate of drug-likeness (QED) is 0.452. The van der Waals surface area contributed by atoms with E-state index >= 15 is 0 Å². The van der Waals surface area contributed by atoms with Crippen molar-refractivity contribution in [2.45, 2.75) is 19.8 Å². The average molecular weight is 501 g/mol. The van der Waals surface area contributed by atoms with Gasteiger partial charge in [0.1, 0.15) is 5.82 Å². The predicted molar refractivity (Wildman–Crippen MR) is 139 cm³/mol. The highest BCUT2D eigenvalue weighted by atomic mass is 16.5. The van der Waals surface area contributed by atoms with E-state index in [0.29, 0.717) is 42.4 Å². The number of morpholine rings is 1. The molecule has 37 heavy (non-hydrogen) atoms. The minimum absolute atomic E-state index is 0.186. The van der Waals surface area contributed by atoms with Crippen LogP contribution in [0.15, 0.2) is 54.6 Å². The molecule has 5 rings (SSSR count). The highest BCUT2D eigenvalue weighted by Gasteiger charge is 2.34. The van der Waals surface area contributed by atoms with Crippen molar-refractivity contribution in [3.63, 3.8) is 0 Å². The van der Waals surface area contributed by atoms with Gasteiger partial charge in [-0.2, -0.15) is 4.98 Å². The molecule has 1 saturated heterocycles. The van der Waals surface area contributed by atoms with Gasteiger partial charge in [-0.15, -0.1) is 0 Å². The normalized spacial score (nSPS) is 15.1. The fourth-order valence-corrected chi connectivity index (χ4v) is 4.39. The molecule has 2 aliphatic rings. The van der Waals surface area contributed by atoms with E-state index in [1.54, 1.807) is 36.4 Å². The molecule has 10 nitrogen and oxygen atoms in total. The molecule has 10 heteroatoms. The highest BCUT2D eigenvalue weighted by Crippen LogP contribution is 2.23. The van der Waals surface area contributed by atoms with E-state index in [2.05, 4.69) is 25.5 Å². The summed E-state index contributed by atoms with van der Waals surface area (Å²) in [6, 6.07) is 16.0. The first kappa shape index (κ1) is 24.4. The maximum Gasteiger partial charge on any atom is 0.261 e. The zero-order valence-corrected chi connectivity index (χ0v) is 20.6. The highest BCUT2D eigenvalue weighted by molar-refractivity contribution is 6.21. The summed E-state index contributed by atoms with van der Waals surface area (Å²) in [4.78, 5) is 49.8. The number of carbonyl (C=O) groups excluding carboxylic acids is 3. The Morgan fingerprint density at radius 2 is 1.59 bits per heavy atom. The zero-order valence-electron chi connectivity index (χ0n) is 20.6. The van der Waals surface area contributed by atoms with Crippen LogP contribution in [0.4, 0.5) is 23.1 Å². The maximum absolute atomic E-state index is 12.4. The van der Waals surface area contributed by atoms with Crippen molar-refractivity contribution in [3.8, 4) is 0 Å². The van der Waals surface area contributed by atoms with Gasteiger partial charge in [0.2, 0.25) is 11.9 Å². The van der Waals surface area contributed by atoms with Crippen LogP contribution in [0.25, 0.3) is 0 Å². The van der Waals surface area contributed by atoms with Crippen molar-refractivity contribution < 1.29 is 19.1 Å². The molecule has 3 amide bonds. The first-order valence-corrected chi connectivity index (χ1v) is 12.3. The Morgan fingerprint density at radius 3 is 2.27 bits per heavy atom. The van der Waals surface area contributed by atoms with Crippen molar-refractivity contribution in [2.24, 2.45) is 0 Å². The van der Waals surface area contributed by atoms with E-state index < -0.39 is 0 Å². The fraction of sp³-hybridized carbons (Fsp3) is 0.296. The number of carbonyl (C=O) groups is 3. The molecular weight excluding hydrogens is 472 g/mol. The van der Waals surface area contributed by atoms with Crippen LogP contribution in [0.2, 0.25) is 0 Å². The summed E-state index contributed by atoms with van der Waals surface area (Å²) in [5.74, 6) is 0.571. The van der Waals surface area contributed by atoms with E-state index in [0.717, 1.165) is 30.3 Å². The van der Waals surface area contributed by atoms with Crippen LogP contribution in [0, 0.1) is 6.92 Å². The molecule has 0 aliphatic carbocycles. The average Bonchev–Trinajstić information content (AvgIpc) is 3.15. The third-order valence-corrected chi connectivity index (χ3v) is 6.26. The molecular formula is C27H28N6O4. The lowest BCUT2D eigenvalue weighted by Crippen LogP contribution is -2.36. The van der Waals surface area contributed by atoms with Crippen molar-refractivity contribution in [2.75, 3.05) is 48.4 Å². The second kappa shape index (κ2) is 10.8. The van der Waals surface area contributed by atoms with Crippen molar-refractivity contribution in [1.29, 1.82) is 0 Å². The Hall–Kier alpha value is -4.31. The molecule has 0 spiro atoms. The number of hydrogen-bond donors (Lipinski definition) is 2. The summed E-state index contributed by atoms with van der Waals surface area (Å²) in [6.45, 7) is 5.09. The van der Waals surface area contributed by atoms with Crippen molar-refractivity contribution >= 4 is 40.9 Å². The molecule has 2 aliphatic heterocycles. The molecule has 0 atom stereocenters. The van der Waals surface area contributed by atoms with Crippen LogP contribution in [-0.4, -0.2) is 65.4 Å². The Balaban J connectivity index is 1.12. The van der Waals surface area contributed by atoms with Gasteiger partial charge in [-0.25, -0.2) is 4.98 Å². The Morgan fingerprint density at radius 1 is 0.946 bits per heavy atom. The van der Waals surface area contributed by atoms with Gasteiger partial charge in [-0.05, 0) is 49.7 Å². The van der Waals surface area contributed by atoms with E-state index in [1.807, 2.05) is 25.1 Å². The monoisotopic (exact) mass is 500 g/mol.